The summed E-state index contributed by atoms with van der Waals surface area (Å²) in [6.07, 6.45) is 4.14. The maximum atomic E-state index is 5.30. The maximum Gasteiger partial charge on any atom is 0.226 e. The first-order valence-electron chi connectivity index (χ1n) is 10.0. The van der Waals surface area contributed by atoms with E-state index < -0.39 is 0 Å². The lowest BCUT2D eigenvalue weighted by atomic mass is 9.96. The van der Waals surface area contributed by atoms with E-state index in [4.69, 9.17) is 9.52 Å². The molecular weight excluding hydrogens is 465 g/mol. The summed E-state index contributed by atoms with van der Waals surface area (Å²) in [5.74, 6) is 2.67. The zero-order valence-electron chi connectivity index (χ0n) is 17.1. The Morgan fingerprint density at radius 1 is 1.21 bits per heavy atom. The van der Waals surface area contributed by atoms with E-state index in [0.717, 1.165) is 44.3 Å². The van der Waals surface area contributed by atoms with E-state index >= 15 is 0 Å². The van der Waals surface area contributed by atoms with Crippen LogP contribution in [0.5, 0.6) is 0 Å². The molecule has 0 saturated heterocycles. The number of hydrogen-bond donors (Lipinski definition) is 2. The summed E-state index contributed by atoms with van der Waals surface area (Å²) in [5.41, 5.74) is 1.64. The molecule has 0 atom stereocenters. The van der Waals surface area contributed by atoms with E-state index in [1.165, 1.54) is 18.4 Å². The van der Waals surface area contributed by atoms with E-state index in [1.54, 1.807) is 0 Å². The molecule has 6 nitrogen and oxygen atoms in total. The van der Waals surface area contributed by atoms with Crippen LogP contribution in [0.1, 0.15) is 63.2 Å². The summed E-state index contributed by atoms with van der Waals surface area (Å²) in [5, 5.41) is 10.8. The van der Waals surface area contributed by atoms with Crippen molar-refractivity contribution in [1.29, 1.82) is 0 Å². The van der Waals surface area contributed by atoms with Gasteiger partial charge in [-0.05, 0) is 31.7 Å². The van der Waals surface area contributed by atoms with Crippen LogP contribution in [-0.4, -0.2) is 35.7 Å². The molecule has 0 aliphatic heterocycles. The van der Waals surface area contributed by atoms with Crippen molar-refractivity contribution in [3.8, 4) is 0 Å². The van der Waals surface area contributed by atoms with Gasteiger partial charge in [0.05, 0.1) is 6.54 Å². The Hall–Kier alpha value is -1.64. The third kappa shape index (κ3) is 6.18. The smallest absolute Gasteiger partial charge is 0.226 e. The average molecular weight is 497 g/mol. The second kappa shape index (κ2) is 10.8. The fourth-order valence-electron chi connectivity index (χ4n) is 3.10. The highest BCUT2D eigenvalue weighted by molar-refractivity contribution is 14.0. The average Bonchev–Trinajstić information content (AvgIpc) is 3.32. The van der Waals surface area contributed by atoms with Crippen molar-refractivity contribution >= 4 is 29.9 Å². The fourth-order valence-corrected chi connectivity index (χ4v) is 3.10. The van der Waals surface area contributed by atoms with Gasteiger partial charge in [0.1, 0.15) is 0 Å². The van der Waals surface area contributed by atoms with Crippen molar-refractivity contribution in [3.63, 3.8) is 0 Å². The van der Waals surface area contributed by atoms with Crippen LogP contribution in [-0.2, 0) is 11.8 Å². The molecule has 1 saturated carbocycles. The molecule has 7 heteroatoms. The molecule has 0 amide bonds. The van der Waals surface area contributed by atoms with Crippen molar-refractivity contribution in [1.82, 2.24) is 20.8 Å². The second-order valence-corrected chi connectivity index (χ2v) is 7.57. The van der Waals surface area contributed by atoms with Crippen LogP contribution in [0.25, 0.3) is 0 Å². The van der Waals surface area contributed by atoms with Gasteiger partial charge in [-0.15, -0.1) is 24.0 Å². The largest absolute Gasteiger partial charge is 0.357 e. The molecule has 1 aliphatic carbocycles. The predicted molar refractivity (Wildman–Crippen MR) is 123 cm³/mol. The normalized spacial score (nSPS) is 15.2. The topological polar surface area (TPSA) is 75.3 Å². The summed E-state index contributed by atoms with van der Waals surface area (Å²) in [6.45, 7) is 8.73. The highest BCUT2D eigenvalue weighted by Crippen LogP contribution is 2.48. The molecule has 3 rings (SSSR count). The molecule has 154 valence electrons. The van der Waals surface area contributed by atoms with Crippen LogP contribution < -0.4 is 10.6 Å². The van der Waals surface area contributed by atoms with Gasteiger partial charge < -0.3 is 15.2 Å². The summed E-state index contributed by atoms with van der Waals surface area (Å²) < 4.78 is 5.30. The molecule has 0 radical (unpaired) electrons. The van der Waals surface area contributed by atoms with E-state index in [1.807, 2.05) is 0 Å². The number of nitrogens with zero attached hydrogens (tertiary/aromatic N) is 3. The van der Waals surface area contributed by atoms with Crippen LogP contribution in [0.4, 0.5) is 0 Å². The minimum absolute atomic E-state index is 0. The minimum Gasteiger partial charge on any atom is -0.357 e. The Kier molecular flexibility index (Phi) is 8.72. The van der Waals surface area contributed by atoms with Crippen molar-refractivity contribution in [3.05, 3.63) is 47.6 Å². The van der Waals surface area contributed by atoms with E-state index in [9.17, 15) is 0 Å². The molecule has 1 aromatic heterocycles. The number of hydrogen-bond acceptors (Lipinski definition) is 4. The van der Waals surface area contributed by atoms with E-state index in [2.05, 4.69) is 71.9 Å². The maximum absolute atomic E-state index is 5.30. The zero-order valence-corrected chi connectivity index (χ0v) is 19.4. The molecule has 0 unspecified atom stereocenters. The Bertz CT molecular complexity index is 740. The lowest BCUT2D eigenvalue weighted by Gasteiger charge is -2.15. The van der Waals surface area contributed by atoms with Crippen molar-refractivity contribution in [2.24, 2.45) is 4.99 Å². The SMILES string of the molecule is CCNC(=NCC1(c2ccccc2)CC1)NCCCc1nc(C(C)C)no1.I. The van der Waals surface area contributed by atoms with Gasteiger partial charge in [0.15, 0.2) is 11.8 Å². The number of aliphatic imine (C=N–C) groups is 1. The van der Waals surface area contributed by atoms with E-state index in [0.29, 0.717) is 11.8 Å². The van der Waals surface area contributed by atoms with Crippen molar-refractivity contribution in [2.75, 3.05) is 19.6 Å². The van der Waals surface area contributed by atoms with Crippen LogP contribution in [0.3, 0.4) is 0 Å². The molecule has 1 fully saturated rings. The van der Waals surface area contributed by atoms with Crippen LogP contribution in [0.2, 0.25) is 0 Å². The highest BCUT2D eigenvalue weighted by atomic mass is 127. The van der Waals surface area contributed by atoms with Gasteiger partial charge in [-0.25, -0.2) is 0 Å². The van der Waals surface area contributed by atoms with Gasteiger partial charge in [0, 0.05) is 30.8 Å². The molecule has 1 heterocycles. The van der Waals surface area contributed by atoms with Crippen LogP contribution in [0, 0.1) is 0 Å². The zero-order chi connectivity index (χ0) is 19.1. The Morgan fingerprint density at radius 2 is 1.96 bits per heavy atom. The molecule has 2 N–H and O–H groups in total. The molecular formula is C21H32IN5O. The monoisotopic (exact) mass is 497 g/mol. The first-order chi connectivity index (χ1) is 13.1. The first kappa shape index (κ1) is 22.6. The third-order valence-corrected chi connectivity index (χ3v) is 4.98. The standard InChI is InChI=1S/C21H31N5O.HI/c1-4-22-20(23-14-8-11-18-25-19(16(2)3)26-27-18)24-15-21(12-13-21)17-9-6-5-7-10-17;/h5-7,9-10,16H,4,8,11-15H2,1-3H3,(H2,22,23,24);1H. The van der Waals surface area contributed by atoms with Gasteiger partial charge >= 0.3 is 0 Å². The molecule has 2 aromatic rings. The lowest BCUT2D eigenvalue weighted by molar-refractivity contribution is 0.368. The number of benzene rings is 1. The first-order valence-corrected chi connectivity index (χ1v) is 10.0. The van der Waals surface area contributed by atoms with Gasteiger partial charge in [0.25, 0.3) is 0 Å². The quantitative estimate of drug-likeness (QED) is 0.237. The summed E-state index contributed by atoms with van der Waals surface area (Å²) in [7, 11) is 0. The molecule has 1 aliphatic rings. The minimum atomic E-state index is 0. The van der Waals surface area contributed by atoms with E-state index in [-0.39, 0.29) is 29.4 Å². The molecule has 0 bridgehead atoms. The van der Waals surface area contributed by atoms with Crippen molar-refractivity contribution in [2.45, 2.75) is 57.8 Å². The molecule has 1 aromatic carbocycles. The van der Waals surface area contributed by atoms with Gasteiger partial charge in [-0.1, -0.05) is 49.3 Å². The van der Waals surface area contributed by atoms with Gasteiger partial charge in [-0.2, -0.15) is 4.98 Å². The Morgan fingerprint density at radius 3 is 2.57 bits per heavy atom. The number of aryl methyl sites for hydroxylation is 1. The third-order valence-electron chi connectivity index (χ3n) is 4.98. The number of guanidine groups is 1. The van der Waals surface area contributed by atoms with Crippen LogP contribution >= 0.6 is 24.0 Å². The van der Waals surface area contributed by atoms with Gasteiger partial charge in [-0.3, -0.25) is 4.99 Å². The Balaban J connectivity index is 0.00000280. The molecule has 0 spiro atoms. The summed E-state index contributed by atoms with van der Waals surface area (Å²) >= 11 is 0. The number of rotatable bonds is 9. The fraction of sp³-hybridized carbons (Fsp3) is 0.571. The Labute approximate surface area is 185 Å². The van der Waals surface area contributed by atoms with Crippen molar-refractivity contribution < 1.29 is 4.52 Å². The van der Waals surface area contributed by atoms with Crippen LogP contribution in [0.15, 0.2) is 39.8 Å². The predicted octanol–water partition coefficient (Wildman–Crippen LogP) is 4.03. The summed E-state index contributed by atoms with van der Waals surface area (Å²) in [6, 6.07) is 10.7. The number of nitrogens with one attached hydrogen (secondary N) is 2. The molecule has 28 heavy (non-hydrogen) atoms. The second-order valence-electron chi connectivity index (χ2n) is 7.57. The summed E-state index contributed by atoms with van der Waals surface area (Å²) in [4.78, 5) is 9.26. The van der Waals surface area contributed by atoms with Gasteiger partial charge in [0.2, 0.25) is 5.89 Å². The number of aromatic nitrogens is 2. The lowest BCUT2D eigenvalue weighted by Crippen LogP contribution is -2.38. The number of halogens is 1. The highest BCUT2D eigenvalue weighted by Gasteiger charge is 2.43.